The molecule has 3 heteroatoms. The molecule has 0 bridgehead atoms. The molecule has 2 aromatic rings. The standard InChI is InChI=1S/C9H9N3/c10-8-3-1-2-7(6-8)9-4-5-11-12-9/h1-6H,10H2,(H,11,12). The molecule has 1 heterocycles. The van der Waals surface area contributed by atoms with Crippen LogP contribution in [0.2, 0.25) is 0 Å². The van der Waals surface area contributed by atoms with Gasteiger partial charge in [0.2, 0.25) is 0 Å². The number of rotatable bonds is 1. The Bertz CT molecular complexity index is 365. The van der Waals surface area contributed by atoms with Crippen molar-refractivity contribution < 1.29 is 0 Å². The average molecular weight is 159 g/mol. The summed E-state index contributed by atoms with van der Waals surface area (Å²) < 4.78 is 0. The lowest BCUT2D eigenvalue weighted by Crippen LogP contribution is -1.84. The highest BCUT2D eigenvalue weighted by atomic mass is 15.1. The van der Waals surface area contributed by atoms with Crippen molar-refractivity contribution in [3.8, 4) is 11.3 Å². The molecule has 60 valence electrons. The van der Waals surface area contributed by atoms with Gasteiger partial charge in [-0.1, -0.05) is 12.1 Å². The van der Waals surface area contributed by atoms with Gasteiger partial charge in [-0.25, -0.2) is 0 Å². The van der Waals surface area contributed by atoms with E-state index in [9.17, 15) is 0 Å². The first-order valence-electron chi connectivity index (χ1n) is 3.71. The van der Waals surface area contributed by atoms with Crippen LogP contribution in [-0.2, 0) is 0 Å². The maximum absolute atomic E-state index is 5.63. The number of hydrogen-bond acceptors (Lipinski definition) is 2. The Morgan fingerprint density at radius 1 is 1.25 bits per heavy atom. The van der Waals surface area contributed by atoms with Crippen LogP contribution < -0.4 is 5.73 Å². The molecule has 1 aromatic carbocycles. The van der Waals surface area contributed by atoms with E-state index in [1.54, 1.807) is 6.20 Å². The Morgan fingerprint density at radius 2 is 2.17 bits per heavy atom. The number of benzene rings is 1. The van der Waals surface area contributed by atoms with Crippen molar-refractivity contribution in [2.75, 3.05) is 5.73 Å². The Morgan fingerprint density at radius 3 is 2.83 bits per heavy atom. The minimum absolute atomic E-state index is 0.766. The summed E-state index contributed by atoms with van der Waals surface area (Å²) in [5.74, 6) is 0. The summed E-state index contributed by atoms with van der Waals surface area (Å²) in [7, 11) is 0. The molecule has 3 N–H and O–H groups in total. The van der Waals surface area contributed by atoms with Crippen molar-refractivity contribution in [3.63, 3.8) is 0 Å². The van der Waals surface area contributed by atoms with E-state index < -0.39 is 0 Å². The van der Waals surface area contributed by atoms with Gasteiger partial charge in [0.25, 0.3) is 0 Å². The number of anilines is 1. The van der Waals surface area contributed by atoms with Gasteiger partial charge in [0, 0.05) is 17.4 Å². The van der Waals surface area contributed by atoms with Gasteiger partial charge in [-0.3, -0.25) is 5.10 Å². The van der Waals surface area contributed by atoms with E-state index in [1.807, 2.05) is 30.3 Å². The molecule has 0 aliphatic rings. The van der Waals surface area contributed by atoms with Crippen LogP contribution in [0.4, 0.5) is 5.69 Å². The highest BCUT2D eigenvalue weighted by Gasteiger charge is 1.96. The van der Waals surface area contributed by atoms with Crippen LogP contribution >= 0.6 is 0 Å². The average Bonchev–Trinajstić information content (AvgIpc) is 2.56. The van der Waals surface area contributed by atoms with Gasteiger partial charge in [0.05, 0.1) is 5.69 Å². The fourth-order valence-electron chi connectivity index (χ4n) is 1.12. The molecule has 2 rings (SSSR count). The second kappa shape index (κ2) is 2.70. The number of nitrogen functional groups attached to an aromatic ring is 1. The predicted molar refractivity (Wildman–Crippen MR) is 48.4 cm³/mol. The molecular weight excluding hydrogens is 150 g/mol. The van der Waals surface area contributed by atoms with Crippen molar-refractivity contribution in [2.24, 2.45) is 0 Å². The van der Waals surface area contributed by atoms with Crippen molar-refractivity contribution in [3.05, 3.63) is 36.5 Å². The van der Waals surface area contributed by atoms with Gasteiger partial charge < -0.3 is 5.73 Å². The molecular formula is C9H9N3. The van der Waals surface area contributed by atoms with Gasteiger partial charge in [-0.2, -0.15) is 5.10 Å². The fourth-order valence-corrected chi connectivity index (χ4v) is 1.12. The van der Waals surface area contributed by atoms with Crippen LogP contribution in [0, 0.1) is 0 Å². The number of aromatic nitrogens is 2. The van der Waals surface area contributed by atoms with E-state index in [1.165, 1.54) is 0 Å². The van der Waals surface area contributed by atoms with Crippen LogP contribution in [0.15, 0.2) is 36.5 Å². The largest absolute Gasteiger partial charge is 0.399 e. The molecule has 0 aliphatic carbocycles. The van der Waals surface area contributed by atoms with Gasteiger partial charge in [0.15, 0.2) is 0 Å². The zero-order valence-electron chi connectivity index (χ0n) is 6.49. The van der Waals surface area contributed by atoms with Crippen LogP contribution in [-0.4, -0.2) is 10.2 Å². The van der Waals surface area contributed by atoms with Gasteiger partial charge in [-0.05, 0) is 18.2 Å². The molecule has 1 aromatic heterocycles. The minimum atomic E-state index is 0.766. The first kappa shape index (κ1) is 6.91. The summed E-state index contributed by atoms with van der Waals surface area (Å²) in [6.45, 7) is 0. The molecule has 0 spiro atoms. The van der Waals surface area contributed by atoms with Crippen molar-refractivity contribution in [2.45, 2.75) is 0 Å². The van der Waals surface area contributed by atoms with Crippen LogP contribution in [0.5, 0.6) is 0 Å². The molecule has 0 aliphatic heterocycles. The summed E-state index contributed by atoms with van der Waals surface area (Å²) in [6, 6.07) is 9.59. The zero-order chi connectivity index (χ0) is 8.39. The monoisotopic (exact) mass is 159 g/mol. The summed E-state index contributed by atoms with van der Waals surface area (Å²) in [4.78, 5) is 0. The second-order valence-electron chi connectivity index (χ2n) is 2.60. The van der Waals surface area contributed by atoms with Gasteiger partial charge in [-0.15, -0.1) is 0 Å². The van der Waals surface area contributed by atoms with Crippen molar-refractivity contribution in [1.82, 2.24) is 10.2 Å². The predicted octanol–water partition coefficient (Wildman–Crippen LogP) is 1.66. The highest BCUT2D eigenvalue weighted by Crippen LogP contribution is 2.17. The molecule has 0 atom stereocenters. The number of nitrogens with one attached hydrogen (secondary N) is 1. The number of H-pyrrole nitrogens is 1. The summed E-state index contributed by atoms with van der Waals surface area (Å²) >= 11 is 0. The number of nitrogens with zero attached hydrogens (tertiary/aromatic N) is 1. The molecule has 0 radical (unpaired) electrons. The molecule has 3 nitrogen and oxygen atoms in total. The minimum Gasteiger partial charge on any atom is -0.399 e. The Labute approximate surface area is 70.2 Å². The van der Waals surface area contributed by atoms with E-state index in [4.69, 9.17) is 5.73 Å². The lowest BCUT2D eigenvalue weighted by molar-refractivity contribution is 1.10. The van der Waals surface area contributed by atoms with E-state index in [2.05, 4.69) is 10.2 Å². The smallest absolute Gasteiger partial charge is 0.0650 e. The molecule has 0 saturated carbocycles. The highest BCUT2D eigenvalue weighted by molar-refractivity contribution is 5.63. The lowest BCUT2D eigenvalue weighted by atomic mass is 10.1. The Hall–Kier alpha value is -1.77. The number of aromatic amines is 1. The third kappa shape index (κ3) is 1.16. The van der Waals surface area contributed by atoms with Gasteiger partial charge in [0.1, 0.15) is 0 Å². The van der Waals surface area contributed by atoms with Crippen molar-refractivity contribution >= 4 is 5.69 Å². The fraction of sp³-hybridized carbons (Fsp3) is 0. The number of hydrogen-bond donors (Lipinski definition) is 2. The lowest BCUT2D eigenvalue weighted by Gasteiger charge is -1.97. The Kier molecular flexibility index (Phi) is 1.55. The first-order valence-corrected chi connectivity index (χ1v) is 3.71. The third-order valence-electron chi connectivity index (χ3n) is 1.70. The maximum atomic E-state index is 5.63. The summed E-state index contributed by atoms with van der Waals surface area (Å²) in [5.41, 5.74) is 8.45. The van der Waals surface area contributed by atoms with E-state index >= 15 is 0 Å². The topological polar surface area (TPSA) is 54.7 Å². The number of nitrogens with two attached hydrogens (primary N) is 1. The van der Waals surface area contributed by atoms with Crippen LogP contribution in [0.25, 0.3) is 11.3 Å². The quantitative estimate of drug-likeness (QED) is 0.622. The molecule has 0 unspecified atom stereocenters. The van der Waals surface area contributed by atoms with Crippen LogP contribution in [0.1, 0.15) is 0 Å². The second-order valence-corrected chi connectivity index (χ2v) is 2.60. The normalized spacial score (nSPS) is 10.0. The molecule has 12 heavy (non-hydrogen) atoms. The third-order valence-corrected chi connectivity index (χ3v) is 1.70. The van der Waals surface area contributed by atoms with Gasteiger partial charge >= 0.3 is 0 Å². The molecule has 0 amide bonds. The summed E-state index contributed by atoms with van der Waals surface area (Å²) in [5, 5.41) is 6.74. The molecule has 0 saturated heterocycles. The van der Waals surface area contributed by atoms with Crippen LogP contribution in [0.3, 0.4) is 0 Å². The zero-order valence-corrected chi connectivity index (χ0v) is 6.49. The van der Waals surface area contributed by atoms with Crippen molar-refractivity contribution in [1.29, 1.82) is 0 Å². The summed E-state index contributed by atoms with van der Waals surface area (Å²) in [6.07, 6.45) is 1.72. The maximum Gasteiger partial charge on any atom is 0.0650 e. The van der Waals surface area contributed by atoms with E-state index in [-0.39, 0.29) is 0 Å². The van der Waals surface area contributed by atoms with E-state index in [0.717, 1.165) is 16.9 Å². The molecule has 0 fully saturated rings. The van der Waals surface area contributed by atoms with E-state index in [0.29, 0.717) is 0 Å². The first-order chi connectivity index (χ1) is 5.86. The SMILES string of the molecule is Nc1cccc(-c2ccn[nH]2)c1. The Balaban J connectivity index is 2.48.